The number of phenols is 1. The highest BCUT2D eigenvalue weighted by Crippen LogP contribution is 2.40. The lowest BCUT2D eigenvalue weighted by Gasteiger charge is -2.23. The predicted molar refractivity (Wildman–Crippen MR) is 107 cm³/mol. The molecule has 3 rings (SSSR count). The number of aromatic hydroxyl groups is 1. The topological polar surface area (TPSA) is 191 Å². The summed E-state index contributed by atoms with van der Waals surface area (Å²) in [5, 5.41) is 13.1. The maximum atomic E-state index is 13.1. The number of fused-ring (bicyclic) bond motifs is 2. The summed E-state index contributed by atoms with van der Waals surface area (Å²) < 4.78 is 38.6. The van der Waals surface area contributed by atoms with Crippen LogP contribution >= 0.6 is 0 Å². The first-order chi connectivity index (χ1) is 14.1. The van der Waals surface area contributed by atoms with Crippen molar-refractivity contribution in [2.45, 2.75) is 0 Å². The van der Waals surface area contributed by atoms with Crippen LogP contribution in [0, 0.1) is 0 Å². The van der Waals surface area contributed by atoms with Gasteiger partial charge in [-0.3, -0.25) is 14.1 Å². The van der Waals surface area contributed by atoms with Crippen LogP contribution in [-0.2, 0) is 19.3 Å². The molecule has 1 aliphatic rings. The fourth-order valence-corrected chi connectivity index (χ4v) is 3.42. The number of nitrogen functional groups attached to an aromatic ring is 2. The SMILES string of the molecule is Nc1ccc(N)c2c1C(=O)c1c(O)ccc(NCCOCCOS(=O)(=O)O)c1C2=O. The molecule has 0 aliphatic heterocycles. The van der Waals surface area contributed by atoms with Crippen molar-refractivity contribution in [2.75, 3.05) is 43.1 Å². The smallest absolute Gasteiger partial charge is 0.397 e. The fourth-order valence-electron chi connectivity index (χ4n) is 3.14. The molecule has 0 heterocycles. The molecule has 2 aromatic rings. The molecular formula is C18H19N3O8S. The number of carbonyl (C=O) groups excluding carboxylic acids is 2. The van der Waals surface area contributed by atoms with Crippen LogP contribution in [0.2, 0.25) is 0 Å². The zero-order valence-electron chi connectivity index (χ0n) is 15.5. The van der Waals surface area contributed by atoms with Gasteiger partial charge >= 0.3 is 10.4 Å². The van der Waals surface area contributed by atoms with E-state index in [0.717, 1.165) is 0 Å². The third-order valence-electron chi connectivity index (χ3n) is 4.38. The summed E-state index contributed by atoms with van der Waals surface area (Å²) in [4.78, 5) is 26.0. The summed E-state index contributed by atoms with van der Waals surface area (Å²) in [6.45, 7) is -0.185. The lowest BCUT2D eigenvalue weighted by atomic mass is 9.81. The Morgan fingerprint density at radius 1 is 0.867 bits per heavy atom. The lowest BCUT2D eigenvalue weighted by molar-refractivity contribution is 0.0978. The molecule has 0 spiro atoms. The maximum absolute atomic E-state index is 13.1. The number of ether oxygens (including phenoxy) is 1. The fraction of sp³-hybridized carbons (Fsp3) is 0.222. The van der Waals surface area contributed by atoms with E-state index in [1.165, 1.54) is 24.3 Å². The largest absolute Gasteiger partial charge is 0.507 e. The summed E-state index contributed by atoms with van der Waals surface area (Å²) >= 11 is 0. The monoisotopic (exact) mass is 437 g/mol. The van der Waals surface area contributed by atoms with Gasteiger partial charge in [0.05, 0.1) is 42.1 Å². The van der Waals surface area contributed by atoms with E-state index in [-0.39, 0.29) is 71.4 Å². The molecule has 11 nitrogen and oxygen atoms in total. The molecule has 0 amide bonds. The first-order valence-corrected chi connectivity index (χ1v) is 10.0. The molecule has 1 aliphatic carbocycles. The molecule has 0 radical (unpaired) electrons. The number of hydrogen-bond donors (Lipinski definition) is 5. The van der Waals surface area contributed by atoms with Crippen LogP contribution in [0.15, 0.2) is 24.3 Å². The van der Waals surface area contributed by atoms with Crippen LogP contribution in [0.1, 0.15) is 31.8 Å². The van der Waals surface area contributed by atoms with Crippen LogP contribution in [0.3, 0.4) is 0 Å². The Morgan fingerprint density at radius 3 is 2.07 bits per heavy atom. The molecule has 0 saturated heterocycles. The zero-order valence-corrected chi connectivity index (χ0v) is 16.4. The summed E-state index contributed by atoms with van der Waals surface area (Å²) in [5.74, 6) is -1.52. The highest BCUT2D eigenvalue weighted by Gasteiger charge is 2.36. The maximum Gasteiger partial charge on any atom is 0.397 e. The number of rotatable bonds is 8. The second-order valence-electron chi connectivity index (χ2n) is 6.32. The van der Waals surface area contributed by atoms with Gasteiger partial charge in [-0.2, -0.15) is 8.42 Å². The van der Waals surface area contributed by atoms with Crippen LogP contribution in [0.25, 0.3) is 0 Å². The van der Waals surface area contributed by atoms with E-state index in [9.17, 15) is 23.1 Å². The third kappa shape index (κ3) is 4.21. The molecule has 0 bridgehead atoms. The van der Waals surface area contributed by atoms with Crippen molar-refractivity contribution in [3.8, 4) is 5.75 Å². The molecule has 12 heteroatoms. The molecule has 7 N–H and O–H groups in total. The van der Waals surface area contributed by atoms with E-state index in [0.29, 0.717) is 0 Å². The number of nitrogens with one attached hydrogen (secondary N) is 1. The molecule has 0 unspecified atom stereocenters. The second-order valence-corrected chi connectivity index (χ2v) is 7.41. The average Bonchev–Trinajstić information content (AvgIpc) is 2.67. The van der Waals surface area contributed by atoms with E-state index in [1.54, 1.807) is 0 Å². The molecule has 160 valence electrons. The minimum absolute atomic E-state index is 0.0141. The number of anilines is 3. The minimum Gasteiger partial charge on any atom is -0.507 e. The van der Waals surface area contributed by atoms with Gasteiger partial charge in [-0.15, -0.1) is 0 Å². The van der Waals surface area contributed by atoms with Crippen molar-refractivity contribution in [3.63, 3.8) is 0 Å². The Hall–Kier alpha value is -3.19. The average molecular weight is 437 g/mol. The van der Waals surface area contributed by atoms with Crippen LogP contribution < -0.4 is 16.8 Å². The summed E-state index contributed by atoms with van der Waals surface area (Å²) in [5.41, 5.74) is 12.0. The van der Waals surface area contributed by atoms with Gasteiger partial charge in [-0.25, -0.2) is 4.18 Å². The van der Waals surface area contributed by atoms with Gasteiger partial charge in [0.25, 0.3) is 0 Å². The highest BCUT2D eigenvalue weighted by atomic mass is 32.3. The third-order valence-corrected chi connectivity index (χ3v) is 4.85. The van der Waals surface area contributed by atoms with E-state index < -0.39 is 22.0 Å². The first kappa shape index (κ1) is 21.5. The predicted octanol–water partition coefficient (Wildman–Crippen LogP) is 0.580. The van der Waals surface area contributed by atoms with Gasteiger partial charge in [-0.1, -0.05) is 0 Å². The van der Waals surface area contributed by atoms with Gasteiger partial charge in [0.1, 0.15) is 5.75 Å². The van der Waals surface area contributed by atoms with Crippen molar-refractivity contribution in [2.24, 2.45) is 0 Å². The van der Waals surface area contributed by atoms with Crippen LogP contribution in [0.4, 0.5) is 17.1 Å². The lowest BCUT2D eigenvalue weighted by Crippen LogP contribution is -2.25. The quantitative estimate of drug-likeness (QED) is 0.143. The Kier molecular flexibility index (Phi) is 5.94. The van der Waals surface area contributed by atoms with E-state index in [4.69, 9.17) is 20.8 Å². The number of nitrogens with two attached hydrogens (primary N) is 2. The number of hydrogen-bond acceptors (Lipinski definition) is 10. The Labute approximate surface area is 171 Å². The number of benzene rings is 2. The molecule has 0 saturated carbocycles. The van der Waals surface area contributed by atoms with Gasteiger partial charge in [-0.05, 0) is 24.3 Å². The summed E-state index contributed by atoms with van der Waals surface area (Å²) in [6.07, 6.45) is 0. The van der Waals surface area contributed by atoms with Crippen molar-refractivity contribution >= 4 is 39.0 Å². The van der Waals surface area contributed by atoms with Crippen molar-refractivity contribution in [3.05, 3.63) is 46.5 Å². The Bertz CT molecular complexity index is 1130. The molecule has 0 atom stereocenters. The van der Waals surface area contributed by atoms with E-state index >= 15 is 0 Å². The van der Waals surface area contributed by atoms with E-state index in [2.05, 4.69) is 9.50 Å². The standard InChI is InChI=1S/C18H19N3O8S/c19-9-1-2-10(20)14-13(9)17(23)15-11(3-4-12(22)16(15)18(14)24)21-5-6-28-7-8-29-30(25,26)27/h1-4,21-22H,5-8,19-20H2,(H,25,26,27). The Balaban J connectivity index is 1.78. The molecule has 2 aromatic carbocycles. The van der Waals surface area contributed by atoms with Crippen molar-refractivity contribution in [1.82, 2.24) is 0 Å². The highest BCUT2D eigenvalue weighted by molar-refractivity contribution is 7.80. The molecular weight excluding hydrogens is 418 g/mol. The van der Waals surface area contributed by atoms with Gasteiger partial charge in [0.2, 0.25) is 0 Å². The Morgan fingerprint density at radius 2 is 1.47 bits per heavy atom. The number of carbonyl (C=O) groups is 2. The first-order valence-electron chi connectivity index (χ1n) is 8.68. The number of ketones is 2. The summed E-state index contributed by atoms with van der Waals surface area (Å²) in [7, 11) is -4.52. The van der Waals surface area contributed by atoms with E-state index in [1.807, 2.05) is 0 Å². The van der Waals surface area contributed by atoms with Crippen molar-refractivity contribution in [1.29, 1.82) is 0 Å². The summed E-state index contributed by atoms with van der Waals surface area (Å²) in [6, 6.07) is 5.57. The number of phenolic OH excluding ortho intramolecular Hbond substituents is 1. The normalized spacial score (nSPS) is 13.1. The van der Waals surface area contributed by atoms with Gasteiger partial charge < -0.3 is 26.6 Å². The van der Waals surface area contributed by atoms with Gasteiger partial charge in [0, 0.05) is 23.6 Å². The second kappa shape index (κ2) is 8.28. The molecule has 30 heavy (non-hydrogen) atoms. The van der Waals surface area contributed by atoms with Crippen molar-refractivity contribution < 1.29 is 36.6 Å². The molecule has 0 aromatic heterocycles. The zero-order chi connectivity index (χ0) is 22.1. The van der Waals surface area contributed by atoms with Crippen LogP contribution in [-0.4, -0.2) is 56.0 Å². The molecule has 0 fully saturated rings. The van der Waals surface area contributed by atoms with Crippen LogP contribution in [0.5, 0.6) is 5.75 Å². The minimum atomic E-state index is -4.52. The van der Waals surface area contributed by atoms with Gasteiger partial charge in [0.15, 0.2) is 11.6 Å².